The molecule has 1 atom stereocenters. The zero-order chi connectivity index (χ0) is 34.5. The lowest BCUT2D eigenvalue weighted by Gasteiger charge is -2.31. The lowest BCUT2D eigenvalue weighted by atomic mass is 9.98. The van der Waals surface area contributed by atoms with E-state index >= 15 is 0 Å². The molecule has 2 amide bonds. The number of ether oxygens (including phenoxy) is 1. The van der Waals surface area contributed by atoms with E-state index in [1.807, 2.05) is 30.3 Å². The Morgan fingerprint density at radius 2 is 1.72 bits per heavy atom. The first-order valence-electron chi connectivity index (χ1n) is 16.5. The largest absolute Gasteiger partial charge is 0.490 e. The van der Waals surface area contributed by atoms with Gasteiger partial charge in [-0.05, 0) is 68.1 Å². The molecule has 2 saturated heterocycles. The predicted molar refractivity (Wildman–Crippen MR) is 180 cm³/mol. The molecule has 2 aliphatic heterocycles. The second-order valence-corrected chi connectivity index (χ2v) is 12.5. The van der Waals surface area contributed by atoms with Crippen molar-refractivity contribution in [1.82, 2.24) is 45.0 Å². The van der Waals surface area contributed by atoms with Crippen molar-refractivity contribution in [3.63, 3.8) is 0 Å². The molecule has 0 spiro atoms. The first kappa shape index (κ1) is 32.5. The van der Waals surface area contributed by atoms with Crippen molar-refractivity contribution in [2.45, 2.75) is 44.8 Å². The highest BCUT2D eigenvalue weighted by Crippen LogP contribution is 2.23. The molecule has 0 radical (unpaired) electrons. The third-order valence-corrected chi connectivity index (χ3v) is 8.97. The Labute approximate surface area is 287 Å². The number of rotatable bonds is 10. The quantitative estimate of drug-likeness (QED) is 0.216. The summed E-state index contributed by atoms with van der Waals surface area (Å²) in [7, 11) is 0. The van der Waals surface area contributed by atoms with E-state index in [-0.39, 0.29) is 23.9 Å². The van der Waals surface area contributed by atoms with Crippen molar-refractivity contribution in [1.29, 1.82) is 5.26 Å². The maximum atomic E-state index is 12.6. The van der Waals surface area contributed by atoms with Crippen molar-refractivity contribution in [3.05, 3.63) is 106 Å². The molecule has 0 saturated carbocycles. The van der Waals surface area contributed by atoms with Gasteiger partial charge in [0.05, 0.1) is 54.8 Å². The summed E-state index contributed by atoms with van der Waals surface area (Å²) in [6.07, 6.45) is 7.83. The van der Waals surface area contributed by atoms with Crippen LogP contribution in [0.25, 0.3) is 22.6 Å². The minimum absolute atomic E-state index is 0.227. The number of hydrogen-bond donors (Lipinski definition) is 1. The lowest BCUT2D eigenvalue weighted by Crippen LogP contribution is -2.41. The molecule has 2 aliphatic rings. The summed E-state index contributed by atoms with van der Waals surface area (Å²) < 4.78 is 9.03. The van der Waals surface area contributed by atoms with Crippen LogP contribution < -0.4 is 15.6 Å². The fourth-order valence-electron chi connectivity index (χ4n) is 6.21. The minimum atomic E-state index is -0.500. The molecule has 2 fully saturated rings. The van der Waals surface area contributed by atoms with Crippen LogP contribution in [0.4, 0.5) is 0 Å². The van der Waals surface area contributed by atoms with Gasteiger partial charge in [0.15, 0.2) is 11.6 Å². The van der Waals surface area contributed by atoms with E-state index in [9.17, 15) is 19.6 Å². The van der Waals surface area contributed by atoms with Crippen LogP contribution in [0.3, 0.4) is 0 Å². The van der Waals surface area contributed by atoms with E-state index in [1.165, 1.54) is 10.7 Å². The first-order valence-corrected chi connectivity index (χ1v) is 16.5. The highest BCUT2D eigenvalue weighted by molar-refractivity contribution is 5.99. The zero-order valence-electron chi connectivity index (χ0n) is 27.2. The van der Waals surface area contributed by atoms with Crippen LogP contribution in [-0.4, -0.2) is 71.2 Å². The standard InChI is InChI=1S/C36H34N10O4/c37-17-25-3-1-5-27(15-25)31-7-10-34(48)46(42-31)20-26-4-2-6-28(16-26)35-38-18-30(19-39-35)50-23-24-11-13-44(14-12-24)21-29-22-45(43-41-29)32-8-9-33(47)40-36(32)49/h1-7,10,15-16,18-19,22,24,32H,8-9,11-14,20-21,23H2,(H,40,47,49). The van der Waals surface area contributed by atoms with Gasteiger partial charge < -0.3 is 4.74 Å². The average molecular weight is 671 g/mol. The Balaban J connectivity index is 0.900. The fraction of sp³-hybridized carbons (Fsp3) is 0.306. The van der Waals surface area contributed by atoms with Gasteiger partial charge in [-0.1, -0.05) is 35.5 Å². The van der Waals surface area contributed by atoms with Crippen molar-refractivity contribution >= 4 is 11.8 Å². The molecule has 5 heterocycles. The van der Waals surface area contributed by atoms with Gasteiger partial charge in [0.1, 0.15) is 6.04 Å². The number of hydrogen-bond acceptors (Lipinski definition) is 11. The summed E-state index contributed by atoms with van der Waals surface area (Å²) in [6.45, 7) is 3.27. The van der Waals surface area contributed by atoms with Gasteiger partial charge in [0.2, 0.25) is 5.91 Å². The third kappa shape index (κ3) is 7.63. The Kier molecular flexibility index (Phi) is 9.48. The number of aromatic nitrogens is 7. The van der Waals surface area contributed by atoms with E-state index in [2.05, 4.69) is 41.7 Å². The molecule has 1 unspecified atom stereocenters. The van der Waals surface area contributed by atoms with Gasteiger partial charge in [-0.15, -0.1) is 5.10 Å². The van der Waals surface area contributed by atoms with Crippen LogP contribution in [-0.2, 0) is 22.7 Å². The van der Waals surface area contributed by atoms with Gasteiger partial charge >= 0.3 is 0 Å². The number of nitriles is 1. The number of carbonyl (C=O) groups is 2. The van der Waals surface area contributed by atoms with E-state index < -0.39 is 6.04 Å². The lowest BCUT2D eigenvalue weighted by molar-refractivity contribution is -0.136. The van der Waals surface area contributed by atoms with E-state index in [0.29, 0.717) is 54.7 Å². The molecule has 1 N–H and O–H groups in total. The van der Waals surface area contributed by atoms with Crippen molar-refractivity contribution in [3.8, 4) is 34.5 Å². The number of carbonyl (C=O) groups excluding carboxylic acids is 2. The van der Waals surface area contributed by atoms with Crippen molar-refractivity contribution in [2.75, 3.05) is 19.7 Å². The molecule has 0 bridgehead atoms. The smallest absolute Gasteiger partial charge is 0.267 e. The molecule has 14 heteroatoms. The molecule has 0 aliphatic carbocycles. The summed E-state index contributed by atoms with van der Waals surface area (Å²) in [5.74, 6) is 0.960. The summed E-state index contributed by atoms with van der Waals surface area (Å²) in [4.78, 5) is 47.6. The Morgan fingerprint density at radius 3 is 2.52 bits per heavy atom. The molecule has 14 nitrogen and oxygen atoms in total. The number of likely N-dealkylation sites (tertiary alicyclic amines) is 1. The normalized spacial score (nSPS) is 16.9. The second-order valence-electron chi connectivity index (χ2n) is 12.5. The van der Waals surface area contributed by atoms with Crippen molar-refractivity contribution in [2.24, 2.45) is 5.92 Å². The zero-order valence-corrected chi connectivity index (χ0v) is 27.2. The maximum Gasteiger partial charge on any atom is 0.267 e. The second kappa shape index (κ2) is 14.6. The highest BCUT2D eigenvalue weighted by Gasteiger charge is 2.29. The highest BCUT2D eigenvalue weighted by atomic mass is 16.5. The van der Waals surface area contributed by atoms with Gasteiger partial charge in [0, 0.05) is 30.2 Å². The van der Waals surface area contributed by atoms with Crippen molar-refractivity contribution < 1.29 is 14.3 Å². The Hall–Kier alpha value is -6.07. The third-order valence-electron chi connectivity index (χ3n) is 8.97. The molecule has 252 valence electrons. The van der Waals surface area contributed by atoms with E-state index in [0.717, 1.165) is 48.3 Å². The Bertz CT molecular complexity index is 2110. The average Bonchev–Trinajstić information content (AvgIpc) is 3.60. The SMILES string of the molecule is N#Cc1cccc(-c2ccc(=O)n(Cc3cccc(-c4ncc(OCC5CCN(Cc6cn(C7CCC(=O)NC7=O)nn6)CC5)cn4)c3)n2)c1. The molecule has 50 heavy (non-hydrogen) atoms. The van der Waals surface area contributed by atoms with Gasteiger partial charge in [-0.2, -0.15) is 10.4 Å². The molecule has 7 rings (SSSR count). The Morgan fingerprint density at radius 1 is 0.920 bits per heavy atom. The van der Waals surface area contributed by atoms with Crippen LogP contribution in [0, 0.1) is 17.2 Å². The van der Waals surface area contributed by atoms with E-state index in [1.54, 1.807) is 47.5 Å². The number of imide groups is 1. The number of benzene rings is 2. The number of amides is 2. The number of nitrogens with one attached hydrogen (secondary N) is 1. The fourth-order valence-corrected chi connectivity index (χ4v) is 6.21. The summed E-state index contributed by atoms with van der Waals surface area (Å²) in [6, 6.07) is 19.6. The molecule has 5 aromatic rings. The molecule has 2 aromatic carbocycles. The number of piperidine rings is 2. The van der Waals surface area contributed by atoms with Gasteiger partial charge in [0.25, 0.3) is 11.5 Å². The van der Waals surface area contributed by atoms with Crippen LogP contribution in [0.2, 0.25) is 0 Å². The maximum absolute atomic E-state index is 12.6. The summed E-state index contributed by atoms with van der Waals surface area (Å²) in [5, 5.41) is 24.5. The van der Waals surface area contributed by atoms with E-state index in [4.69, 9.17) is 4.74 Å². The molecule has 3 aromatic heterocycles. The molecular formula is C36H34N10O4. The van der Waals surface area contributed by atoms with Gasteiger partial charge in [-0.3, -0.25) is 24.6 Å². The first-order chi connectivity index (χ1) is 24.4. The van der Waals surface area contributed by atoms with Crippen LogP contribution in [0.15, 0.2) is 84.0 Å². The molecular weight excluding hydrogens is 636 g/mol. The van der Waals surface area contributed by atoms with Crippen LogP contribution in [0.1, 0.15) is 48.5 Å². The topological polar surface area (TPSA) is 174 Å². The van der Waals surface area contributed by atoms with Crippen LogP contribution in [0.5, 0.6) is 5.75 Å². The van der Waals surface area contributed by atoms with Gasteiger partial charge in [-0.25, -0.2) is 19.3 Å². The number of nitrogens with zero attached hydrogens (tertiary/aromatic N) is 9. The summed E-state index contributed by atoms with van der Waals surface area (Å²) in [5.41, 5.74) is 4.15. The monoisotopic (exact) mass is 670 g/mol. The minimum Gasteiger partial charge on any atom is -0.490 e. The summed E-state index contributed by atoms with van der Waals surface area (Å²) >= 11 is 0. The predicted octanol–water partition coefficient (Wildman–Crippen LogP) is 3.15. The van der Waals surface area contributed by atoms with Crippen LogP contribution >= 0.6 is 0 Å².